The van der Waals surface area contributed by atoms with E-state index in [9.17, 15) is 4.79 Å². The van der Waals surface area contributed by atoms with Crippen molar-refractivity contribution < 1.29 is 14.3 Å². The number of carbonyl (C=O) groups excluding carboxylic acids is 1. The Bertz CT molecular complexity index is 1050. The zero-order valence-electron chi connectivity index (χ0n) is 16.8. The number of nitrogens with zero attached hydrogens (tertiary/aromatic N) is 3. The van der Waals surface area contributed by atoms with E-state index in [-0.39, 0.29) is 12.7 Å². The Hall–Kier alpha value is -2.87. The minimum atomic E-state index is 0.0423. The van der Waals surface area contributed by atoms with E-state index in [0.717, 1.165) is 62.9 Å². The van der Waals surface area contributed by atoms with Gasteiger partial charge in [-0.05, 0) is 36.6 Å². The predicted octanol–water partition coefficient (Wildman–Crippen LogP) is 4.21. The number of anilines is 1. The van der Waals surface area contributed by atoms with Gasteiger partial charge in [-0.2, -0.15) is 0 Å². The highest BCUT2D eigenvalue weighted by molar-refractivity contribution is 7.20. The maximum absolute atomic E-state index is 12.9. The third-order valence-electron chi connectivity index (χ3n) is 5.01. The van der Waals surface area contributed by atoms with Gasteiger partial charge in [-0.3, -0.25) is 4.79 Å². The van der Waals surface area contributed by atoms with Crippen LogP contribution in [0.2, 0.25) is 0 Å². The van der Waals surface area contributed by atoms with E-state index in [0.29, 0.717) is 6.54 Å². The first-order valence-electron chi connectivity index (χ1n) is 9.70. The zero-order chi connectivity index (χ0) is 20.4. The number of hydrogen-bond donors (Lipinski definition) is 1. The van der Waals surface area contributed by atoms with Crippen LogP contribution in [0.25, 0.3) is 10.2 Å². The summed E-state index contributed by atoms with van der Waals surface area (Å²) in [6.07, 6.45) is 3.59. The third kappa shape index (κ3) is 3.85. The predicted molar refractivity (Wildman–Crippen MR) is 114 cm³/mol. The van der Waals surface area contributed by atoms with Gasteiger partial charge >= 0.3 is 0 Å². The molecule has 0 spiro atoms. The smallest absolute Gasteiger partial charge is 0.264 e. The molecule has 7 nitrogen and oxygen atoms in total. The van der Waals surface area contributed by atoms with Crippen LogP contribution in [0.5, 0.6) is 11.5 Å². The second-order valence-corrected chi connectivity index (χ2v) is 8.08. The molecule has 0 radical (unpaired) electrons. The number of fused-ring (bicyclic) bond motifs is 2. The lowest BCUT2D eigenvalue weighted by molar-refractivity contribution is 0.0797. The standard InChI is InChI=1S/C21H24N4O3S/c1-4-5-8-25(3)21(26)18-13(2)17-19(23-11-24-20(17)29-18)22-10-14-6-7-15-16(9-14)28-12-27-15/h6-7,9,11H,4-5,8,10,12H2,1-3H3,(H,22,23,24). The topological polar surface area (TPSA) is 76.6 Å². The van der Waals surface area contributed by atoms with Gasteiger partial charge in [-0.1, -0.05) is 19.4 Å². The molecule has 1 aliphatic heterocycles. The lowest BCUT2D eigenvalue weighted by atomic mass is 10.1. The van der Waals surface area contributed by atoms with Gasteiger partial charge in [0.2, 0.25) is 6.79 Å². The normalized spacial score (nSPS) is 12.4. The molecule has 29 heavy (non-hydrogen) atoms. The van der Waals surface area contributed by atoms with Crippen molar-refractivity contribution in [3.8, 4) is 11.5 Å². The van der Waals surface area contributed by atoms with Crippen LogP contribution >= 0.6 is 11.3 Å². The number of amides is 1. The number of nitrogens with one attached hydrogen (secondary N) is 1. The van der Waals surface area contributed by atoms with Gasteiger partial charge in [0.25, 0.3) is 5.91 Å². The number of unbranched alkanes of at least 4 members (excludes halogenated alkanes) is 1. The SMILES string of the molecule is CCCCN(C)C(=O)c1sc2ncnc(NCc3ccc4c(c3)OCO4)c2c1C. The molecule has 0 fully saturated rings. The first-order valence-corrected chi connectivity index (χ1v) is 10.5. The molecule has 0 atom stereocenters. The lowest BCUT2D eigenvalue weighted by Gasteiger charge is -2.16. The summed E-state index contributed by atoms with van der Waals surface area (Å²) in [5.41, 5.74) is 1.98. The molecule has 0 saturated carbocycles. The van der Waals surface area contributed by atoms with Crippen molar-refractivity contribution in [2.75, 3.05) is 25.7 Å². The van der Waals surface area contributed by atoms with Crippen LogP contribution < -0.4 is 14.8 Å². The van der Waals surface area contributed by atoms with Crippen molar-refractivity contribution in [1.29, 1.82) is 0 Å². The average Bonchev–Trinajstić information content (AvgIpc) is 3.34. The van der Waals surface area contributed by atoms with E-state index in [1.165, 1.54) is 17.7 Å². The summed E-state index contributed by atoms with van der Waals surface area (Å²) in [4.78, 5) is 25.0. The molecular formula is C21H24N4O3S. The lowest BCUT2D eigenvalue weighted by Crippen LogP contribution is -2.27. The minimum Gasteiger partial charge on any atom is -0.454 e. The van der Waals surface area contributed by atoms with Crippen molar-refractivity contribution in [3.05, 3.63) is 40.5 Å². The first-order chi connectivity index (χ1) is 14.1. The molecule has 1 aliphatic rings. The third-order valence-corrected chi connectivity index (χ3v) is 6.20. The Morgan fingerprint density at radius 2 is 2.10 bits per heavy atom. The van der Waals surface area contributed by atoms with Crippen LogP contribution in [0.1, 0.15) is 40.6 Å². The summed E-state index contributed by atoms with van der Waals surface area (Å²) in [5.74, 6) is 2.30. The summed E-state index contributed by atoms with van der Waals surface area (Å²) in [7, 11) is 1.85. The largest absolute Gasteiger partial charge is 0.454 e. The Morgan fingerprint density at radius 3 is 2.93 bits per heavy atom. The maximum Gasteiger partial charge on any atom is 0.264 e. The molecule has 0 aliphatic carbocycles. The summed E-state index contributed by atoms with van der Waals surface area (Å²) in [6, 6.07) is 5.87. The van der Waals surface area contributed by atoms with Gasteiger partial charge in [0, 0.05) is 20.1 Å². The highest BCUT2D eigenvalue weighted by Crippen LogP contribution is 2.35. The second-order valence-electron chi connectivity index (χ2n) is 7.08. The summed E-state index contributed by atoms with van der Waals surface area (Å²) >= 11 is 1.43. The number of benzene rings is 1. The van der Waals surface area contributed by atoms with Gasteiger partial charge in [-0.25, -0.2) is 9.97 Å². The fourth-order valence-electron chi connectivity index (χ4n) is 3.32. The molecular weight excluding hydrogens is 388 g/mol. The Morgan fingerprint density at radius 1 is 1.28 bits per heavy atom. The van der Waals surface area contributed by atoms with Gasteiger partial charge in [-0.15, -0.1) is 11.3 Å². The van der Waals surface area contributed by atoms with Crippen LogP contribution in [0, 0.1) is 6.92 Å². The van der Waals surface area contributed by atoms with Crippen LogP contribution in [0.3, 0.4) is 0 Å². The summed E-state index contributed by atoms with van der Waals surface area (Å²) in [5, 5.41) is 4.29. The molecule has 0 bridgehead atoms. The molecule has 1 aromatic carbocycles. The quantitative estimate of drug-likeness (QED) is 0.626. The summed E-state index contributed by atoms with van der Waals surface area (Å²) in [6.45, 7) is 5.68. The number of aryl methyl sites for hydroxylation is 1. The number of hydrogen-bond acceptors (Lipinski definition) is 7. The molecule has 0 saturated heterocycles. The van der Waals surface area contributed by atoms with E-state index in [4.69, 9.17) is 9.47 Å². The van der Waals surface area contributed by atoms with Crippen molar-refractivity contribution >= 4 is 33.3 Å². The second kappa shape index (κ2) is 8.24. The van der Waals surface area contributed by atoms with E-state index >= 15 is 0 Å². The number of thiophene rings is 1. The highest BCUT2D eigenvalue weighted by Gasteiger charge is 2.22. The molecule has 4 rings (SSSR count). The van der Waals surface area contributed by atoms with Gasteiger partial charge in [0.15, 0.2) is 11.5 Å². The Balaban J connectivity index is 1.57. The molecule has 1 N–H and O–H groups in total. The van der Waals surface area contributed by atoms with Crippen LogP contribution in [0.4, 0.5) is 5.82 Å². The van der Waals surface area contributed by atoms with Crippen molar-refractivity contribution in [3.63, 3.8) is 0 Å². The fraction of sp³-hybridized carbons (Fsp3) is 0.381. The fourth-order valence-corrected chi connectivity index (χ4v) is 4.46. The van der Waals surface area contributed by atoms with E-state index in [1.807, 2.05) is 32.2 Å². The van der Waals surface area contributed by atoms with E-state index in [2.05, 4.69) is 22.2 Å². The van der Waals surface area contributed by atoms with Gasteiger partial charge < -0.3 is 19.7 Å². The van der Waals surface area contributed by atoms with Crippen molar-refractivity contribution in [2.24, 2.45) is 0 Å². The molecule has 3 heterocycles. The number of rotatable bonds is 7. The monoisotopic (exact) mass is 412 g/mol. The van der Waals surface area contributed by atoms with E-state index < -0.39 is 0 Å². The maximum atomic E-state index is 12.9. The molecule has 8 heteroatoms. The number of carbonyl (C=O) groups is 1. The Kier molecular flexibility index (Phi) is 5.53. The Labute approximate surface area is 173 Å². The molecule has 2 aromatic heterocycles. The zero-order valence-corrected chi connectivity index (χ0v) is 17.6. The molecule has 0 unspecified atom stereocenters. The first kappa shape index (κ1) is 19.4. The van der Waals surface area contributed by atoms with Gasteiger partial charge in [0.05, 0.1) is 10.3 Å². The van der Waals surface area contributed by atoms with Crippen molar-refractivity contribution in [2.45, 2.75) is 33.2 Å². The number of ether oxygens (including phenoxy) is 2. The van der Waals surface area contributed by atoms with Crippen LogP contribution in [-0.4, -0.2) is 41.2 Å². The van der Waals surface area contributed by atoms with Crippen molar-refractivity contribution in [1.82, 2.24) is 14.9 Å². The molecule has 1 amide bonds. The molecule has 3 aromatic rings. The molecule has 152 valence electrons. The summed E-state index contributed by atoms with van der Waals surface area (Å²) < 4.78 is 10.8. The minimum absolute atomic E-state index is 0.0423. The number of aromatic nitrogens is 2. The van der Waals surface area contributed by atoms with E-state index in [1.54, 1.807) is 4.90 Å². The van der Waals surface area contributed by atoms with Gasteiger partial charge in [0.1, 0.15) is 17.0 Å². The average molecular weight is 413 g/mol. The van der Waals surface area contributed by atoms with Crippen LogP contribution in [-0.2, 0) is 6.54 Å². The van der Waals surface area contributed by atoms with Crippen LogP contribution in [0.15, 0.2) is 24.5 Å². The highest BCUT2D eigenvalue weighted by atomic mass is 32.1.